The van der Waals surface area contributed by atoms with E-state index >= 15 is 0 Å². The van der Waals surface area contributed by atoms with E-state index in [0.717, 1.165) is 17.6 Å². The van der Waals surface area contributed by atoms with E-state index in [1.807, 2.05) is 24.4 Å². The number of aromatic nitrogens is 1. The molecule has 15 heavy (non-hydrogen) atoms. The number of fused-ring (bicyclic) bond motifs is 1. The van der Waals surface area contributed by atoms with Crippen LogP contribution >= 0.6 is 0 Å². The van der Waals surface area contributed by atoms with Crippen LogP contribution in [0, 0.1) is 0 Å². The summed E-state index contributed by atoms with van der Waals surface area (Å²) in [5.41, 5.74) is 9.18. The van der Waals surface area contributed by atoms with Crippen LogP contribution in [-0.4, -0.2) is 4.98 Å². The van der Waals surface area contributed by atoms with Gasteiger partial charge in [-0.3, -0.25) is 4.98 Å². The summed E-state index contributed by atoms with van der Waals surface area (Å²) in [6, 6.07) is 8.00. The Morgan fingerprint density at radius 2 is 2.13 bits per heavy atom. The van der Waals surface area contributed by atoms with Gasteiger partial charge in [-0.1, -0.05) is 19.9 Å². The van der Waals surface area contributed by atoms with Crippen LogP contribution in [0.3, 0.4) is 0 Å². The molecule has 2 rings (SSSR count). The first kappa shape index (κ1) is 9.97. The minimum Gasteiger partial charge on any atom is -0.398 e. The second kappa shape index (κ2) is 3.89. The van der Waals surface area contributed by atoms with E-state index in [1.165, 1.54) is 10.9 Å². The minimum atomic E-state index is 0.484. The number of pyridine rings is 1. The lowest BCUT2D eigenvalue weighted by molar-refractivity contribution is 0.741. The molecule has 78 valence electrons. The summed E-state index contributed by atoms with van der Waals surface area (Å²) in [6.07, 6.45) is 2.91. The zero-order chi connectivity index (χ0) is 10.8. The van der Waals surface area contributed by atoms with E-state index in [-0.39, 0.29) is 0 Å². The molecule has 0 spiro atoms. The third-order valence-corrected chi connectivity index (χ3v) is 2.97. The maximum atomic E-state index is 6.04. The van der Waals surface area contributed by atoms with Crippen molar-refractivity contribution in [3.63, 3.8) is 0 Å². The maximum Gasteiger partial charge on any atom is 0.0706 e. The molecular weight excluding hydrogens is 184 g/mol. The van der Waals surface area contributed by atoms with Crippen LogP contribution in [-0.2, 0) is 0 Å². The van der Waals surface area contributed by atoms with Gasteiger partial charge in [0.2, 0.25) is 0 Å². The van der Waals surface area contributed by atoms with E-state index in [9.17, 15) is 0 Å². The SMILES string of the molecule is CCC(C)c1c(N)ccc2ncccc12. The summed E-state index contributed by atoms with van der Waals surface area (Å²) in [6.45, 7) is 4.39. The maximum absolute atomic E-state index is 6.04. The molecule has 1 aromatic heterocycles. The monoisotopic (exact) mass is 200 g/mol. The number of anilines is 1. The lowest BCUT2D eigenvalue weighted by atomic mass is 9.93. The van der Waals surface area contributed by atoms with Gasteiger partial charge in [0, 0.05) is 17.3 Å². The third kappa shape index (κ3) is 1.67. The second-order valence-electron chi connectivity index (χ2n) is 3.95. The van der Waals surface area contributed by atoms with Crippen LogP contribution in [0.4, 0.5) is 5.69 Å². The Bertz CT molecular complexity index is 477. The predicted molar refractivity (Wildman–Crippen MR) is 64.9 cm³/mol. The number of nitrogens with zero attached hydrogens (tertiary/aromatic N) is 1. The molecule has 0 aliphatic rings. The van der Waals surface area contributed by atoms with Crippen LogP contribution in [0.2, 0.25) is 0 Å². The molecule has 2 heteroatoms. The molecule has 1 atom stereocenters. The molecule has 1 unspecified atom stereocenters. The van der Waals surface area contributed by atoms with Gasteiger partial charge in [0.15, 0.2) is 0 Å². The average Bonchev–Trinajstić information content (AvgIpc) is 2.28. The standard InChI is InChI=1S/C13H16N2/c1-3-9(2)13-10-5-4-8-15-12(10)7-6-11(13)14/h4-9H,3,14H2,1-2H3. The van der Waals surface area contributed by atoms with Crippen molar-refractivity contribution in [2.24, 2.45) is 0 Å². The number of benzene rings is 1. The summed E-state index contributed by atoms with van der Waals surface area (Å²) < 4.78 is 0. The Morgan fingerprint density at radius 3 is 2.87 bits per heavy atom. The summed E-state index contributed by atoms with van der Waals surface area (Å²) >= 11 is 0. The van der Waals surface area contributed by atoms with Crippen LogP contribution in [0.5, 0.6) is 0 Å². The Hall–Kier alpha value is -1.57. The Morgan fingerprint density at radius 1 is 1.33 bits per heavy atom. The minimum absolute atomic E-state index is 0.484. The first-order valence-corrected chi connectivity index (χ1v) is 5.37. The molecule has 2 aromatic rings. The van der Waals surface area contributed by atoms with Crippen molar-refractivity contribution >= 4 is 16.6 Å². The summed E-state index contributed by atoms with van der Waals surface area (Å²) in [7, 11) is 0. The predicted octanol–water partition coefficient (Wildman–Crippen LogP) is 3.33. The van der Waals surface area contributed by atoms with Crippen molar-refractivity contribution in [1.82, 2.24) is 4.98 Å². The topological polar surface area (TPSA) is 38.9 Å². The van der Waals surface area contributed by atoms with E-state index in [4.69, 9.17) is 5.73 Å². The van der Waals surface area contributed by atoms with Crippen molar-refractivity contribution in [2.75, 3.05) is 5.73 Å². The van der Waals surface area contributed by atoms with Gasteiger partial charge < -0.3 is 5.73 Å². The zero-order valence-corrected chi connectivity index (χ0v) is 9.20. The van der Waals surface area contributed by atoms with Crippen molar-refractivity contribution in [3.05, 3.63) is 36.0 Å². The molecule has 0 aliphatic carbocycles. The summed E-state index contributed by atoms with van der Waals surface area (Å²) in [4.78, 5) is 4.34. The van der Waals surface area contributed by atoms with Gasteiger partial charge in [0.25, 0.3) is 0 Å². The second-order valence-corrected chi connectivity index (χ2v) is 3.95. The summed E-state index contributed by atoms with van der Waals surface area (Å²) in [5.74, 6) is 0.484. The highest BCUT2D eigenvalue weighted by Gasteiger charge is 2.11. The van der Waals surface area contributed by atoms with E-state index < -0.39 is 0 Å². The average molecular weight is 200 g/mol. The largest absolute Gasteiger partial charge is 0.398 e. The smallest absolute Gasteiger partial charge is 0.0706 e. The first-order valence-electron chi connectivity index (χ1n) is 5.37. The quantitative estimate of drug-likeness (QED) is 0.755. The fourth-order valence-corrected chi connectivity index (χ4v) is 1.95. The number of rotatable bonds is 2. The van der Waals surface area contributed by atoms with Crippen LogP contribution in [0.1, 0.15) is 31.7 Å². The lowest BCUT2D eigenvalue weighted by Gasteiger charge is -2.14. The molecule has 0 saturated carbocycles. The molecule has 2 N–H and O–H groups in total. The molecule has 1 heterocycles. The fourth-order valence-electron chi connectivity index (χ4n) is 1.95. The van der Waals surface area contributed by atoms with Crippen LogP contribution < -0.4 is 5.73 Å². The molecule has 0 amide bonds. The lowest BCUT2D eigenvalue weighted by Crippen LogP contribution is -2.00. The number of nitrogen functional groups attached to an aromatic ring is 1. The molecule has 0 radical (unpaired) electrons. The van der Waals surface area contributed by atoms with E-state index in [0.29, 0.717) is 5.92 Å². The van der Waals surface area contributed by atoms with Gasteiger partial charge in [-0.15, -0.1) is 0 Å². The van der Waals surface area contributed by atoms with Gasteiger partial charge in [-0.25, -0.2) is 0 Å². The fraction of sp³-hybridized carbons (Fsp3) is 0.308. The molecule has 0 saturated heterocycles. The Labute approximate surface area is 90.1 Å². The molecule has 0 bridgehead atoms. The molecule has 0 aliphatic heterocycles. The van der Waals surface area contributed by atoms with Gasteiger partial charge in [0.05, 0.1) is 5.52 Å². The van der Waals surface area contributed by atoms with E-state index in [1.54, 1.807) is 0 Å². The zero-order valence-electron chi connectivity index (χ0n) is 9.20. The molecule has 0 fully saturated rings. The van der Waals surface area contributed by atoms with E-state index in [2.05, 4.69) is 24.9 Å². The van der Waals surface area contributed by atoms with Crippen LogP contribution in [0.15, 0.2) is 30.5 Å². The Kier molecular flexibility index (Phi) is 2.58. The van der Waals surface area contributed by atoms with Crippen molar-refractivity contribution < 1.29 is 0 Å². The van der Waals surface area contributed by atoms with Gasteiger partial charge >= 0.3 is 0 Å². The highest BCUT2D eigenvalue weighted by molar-refractivity contribution is 5.87. The number of nitrogens with two attached hydrogens (primary N) is 1. The molecule has 1 aromatic carbocycles. The van der Waals surface area contributed by atoms with Gasteiger partial charge in [0.1, 0.15) is 0 Å². The molecular formula is C13H16N2. The van der Waals surface area contributed by atoms with Crippen molar-refractivity contribution in [3.8, 4) is 0 Å². The third-order valence-electron chi connectivity index (χ3n) is 2.97. The Balaban J connectivity index is 2.74. The summed E-state index contributed by atoms with van der Waals surface area (Å²) in [5, 5.41) is 1.19. The highest BCUT2D eigenvalue weighted by Crippen LogP contribution is 2.31. The van der Waals surface area contributed by atoms with Gasteiger partial charge in [-0.05, 0) is 36.1 Å². The van der Waals surface area contributed by atoms with Crippen LogP contribution in [0.25, 0.3) is 10.9 Å². The molecule has 2 nitrogen and oxygen atoms in total. The number of hydrogen-bond acceptors (Lipinski definition) is 2. The highest BCUT2D eigenvalue weighted by atomic mass is 14.7. The van der Waals surface area contributed by atoms with Crippen molar-refractivity contribution in [1.29, 1.82) is 0 Å². The van der Waals surface area contributed by atoms with Crippen molar-refractivity contribution in [2.45, 2.75) is 26.2 Å². The normalized spacial score (nSPS) is 12.9. The van der Waals surface area contributed by atoms with Gasteiger partial charge in [-0.2, -0.15) is 0 Å². The number of hydrogen-bond donors (Lipinski definition) is 1. The first-order chi connectivity index (χ1) is 7.24.